The van der Waals surface area contributed by atoms with E-state index in [-0.39, 0.29) is 6.54 Å². The first kappa shape index (κ1) is 13.9. The summed E-state index contributed by atoms with van der Waals surface area (Å²) >= 11 is 0. The van der Waals surface area contributed by atoms with Crippen molar-refractivity contribution >= 4 is 0 Å². The summed E-state index contributed by atoms with van der Waals surface area (Å²) in [4.78, 5) is 4.22. The van der Waals surface area contributed by atoms with Crippen molar-refractivity contribution in [3.05, 3.63) is 23.0 Å². The lowest BCUT2D eigenvalue weighted by atomic mass is 9.91. The number of aryl methyl sites for hydroxylation is 1. The molecule has 0 aromatic carbocycles. The van der Waals surface area contributed by atoms with E-state index in [4.69, 9.17) is 15.2 Å². The molecule has 96 valence electrons. The van der Waals surface area contributed by atoms with Gasteiger partial charge in [-0.3, -0.25) is 4.98 Å². The third-order valence-electron chi connectivity index (χ3n) is 2.73. The molecule has 5 nitrogen and oxygen atoms in total. The van der Waals surface area contributed by atoms with Crippen LogP contribution in [0.25, 0.3) is 0 Å². The Kier molecular flexibility index (Phi) is 4.45. The normalized spacial score (nSPS) is 14.5. The fraction of sp³-hybridized carbons (Fsp3) is 0.583. The van der Waals surface area contributed by atoms with E-state index in [1.165, 1.54) is 0 Å². The van der Waals surface area contributed by atoms with Crippen LogP contribution >= 0.6 is 0 Å². The van der Waals surface area contributed by atoms with Gasteiger partial charge in [0.1, 0.15) is 11.4 Å². The molecule has 5 heteroatoms. The first-order valence-electron chi connectivity index (χ1n) is 5.42. The first-order chi connectivity index (χ1) is 7.97. The van der Waals surface area contributed by atoms with Crippen LogP contribution in [0.2, 0.25) is 0 Å². The maximum atomic E-state index is 10.4. The van der Waals surface area contributed by atoms with Crippen molar-refractivity contribution in [1.29, 1.82) is 0 Å². The zero-order valence-corrected chi connectivity index (χ0v) is 10.8. The predicted molar refractivity (Wildman–Crippen MR) is 64.9 cm³/mol. The Hall–Kier alpha value is -1.17. The van der Waals surface area contributed by atoms with Crippen LogP contribution in [0.5, 0.6) is 5.75 Å². The van der Waals surface area contributed by atoms with Crippen molar-refractivity contribution in [2.45, 2.75) is 26.1 Å². The van der Waals surface area contributed by atoms with Gasteiger partial charge in [0.25, 0.3) is 0 Å². The molecular weight excluding hydrogens is 220 g/mol. The summed E-state index contributed by atoms with van der Waals surface area (Å²) in [5.41, 5.74) is 6.60. The van der Waals surface area contributed by atoms with Gasteiger partial charge in [0, 0.05) is 31.0 Å². The van der Waals surface area contributed by atoms with Gasteiger partial charge >= 0.3 is 0 Å². The molecule has 0 bridgehead atoms. The number of methoxy groups -OCH3 is 2. The van der Waals surface area contributed by atoms with Gasteiger partial charge in [0.05, 0.1) is 19.4 Å². The molecule has 1 heterocycles. The molecule has 1 rings (SSSR count). The minimum atomic E-state index is -1.16. The van der Waals surface area contributed by atoms with Crippen LogP contribution in [0.3, 0.4) is 0 Å². The molecule has 1 atom stereocenters. The molecule has 0 radical (unpaired) electrons. The summed E-state index contributed by atoms with van der Waals surface area (Å²) in [6.45, 7) is 3.94. The summed E-state index contributed by atoms with van der Waals surface area (Å²) in [7, 11) is 3.14. The van der Waals surface area contributed by atoms with Gasteiger partial charge in [0.2, 0.25) is 0 Å². The zero-order valence-electron chi connectivity index (χ0n) is 10.8. The number of ether oxygens (including phenoxy) is 2. The van der Waals surface area contributed by atoms with E-state index in [0.717, 1.165) is 11.3 Å². The molecular formula is C12H20N2O3. The van der Waals surface area contributed by atoms with Crippen LogP contribution in [0.15, 0.2) is 6.20 Å². The first-order valence-corrected chi connectivity index (χ1v) is 5.42. The fourth-order valence-corrected chi connectivity index (χ4v) is 1.83. The lowest BCUT2D eigenvalue weighted by Crippen LogP contribution is -2.33. The smallest absolute Gasteiger partial charge is 0.146 e. The largest absolute Gasteiger partial charge is 0.494 e. The molecule has 1 aromatic heterocycles. The molecule has 0 saturated heterocycles. The van der Waals surface area contributed by atoms with Crippen molar-refractivity contribution in [2.75, 3.05) is 20.8 Å². The molecule has 0 spiro atoms. The fourth-order valence-electron chi connectivity index (χ4n) is 1.83. The van der Waals surface area contributed by atoms with Crippen LogP contribution in [0.4, 0.5) is 0 Å². The second-order valence-corrected chi connectivity index (χ2v) is 4.19. The van der Waals surface area contributed by atoms with Crippen LogP contribution < -0.4 is 10.5 Å². The maximum Gasteiger partial charge on any atom is 0.146 e. The Bertz CT molecular complexity index is 392. The quantitative estimate of drug-likeness (QED) is 0.792. The highest BCUT2D eigenvalue weighted by Gasteiger charge is 2.29. The van der Waals surface area contributed by atoms with Gasteiger partial charge in [-0.15, -0.1) is 0 Å². The lowest BCUT2D eigenvalue weighted by molar-refractivity contribution is 0.0601. The number of rotatable bonds is 5. The summed E-state index contributed by atoms with van der Waals surface area (Å²) in [5.74, 6) is 0.565. The molecule has 0 aliphatic rings. The Labute approximate surface area is 102 Å². The molecule has 3 N–H and O–H groups in total. The minimum Gasteiger partial charge on any atom is -0.494 e. The Morgan fingerprint density at radius 1 is 1.47 bits per heavy atom. The predicted octanol–water partition coefficient (Wildman–Crippen LogP) is 0.711. The topological polar surface area (TPSA) is 77.6 Å². The molecule has 17 heavy (non-hydrogen) atoms. The van der Waals surface area contributed by atoms with E-state index in [9.17, 15) is 5.11 Å². The molecule has 1 aromatic rings. The van der Waals surface area contributed by atoms with Crippen LogP contribution in [-0.2, 0) is 16.9 Å². The van der Waals surface area contributed by atoms with Gasteiger partial charge in [0.15, 0.2) is 0 Å². The zero-order chi connectivity index (χ0) is 13.1. The van der Waals surface area contributed by atoms with Gasteiger partial charge in [-0.1, -0.05) is 0 Å². The van der Waals surface area contributed by atoms with Crippen molar-refractivity contribution in [1.82, 2.24) is 4.98 Å². The average molecular weight is 240 g/mol. The van der Waals surface area contributed by atoms with Gasteiger partial charge in [-0.25, -0.2) is 0 Å². The number of aromatic nitrogens is 1. The second kappa shape index (κ2) is 5.44. The second-order valence-electron chi connectivity index (χ2n) is 4.19. The number of nitrogens with two attached hydrogens (primary N) is 1. The maximum absolute atomic E-state index is 10.4. The minimum absolute atomic E-state index is 0.101. The summed E-state index contributed by atoms with van der Waals surface area (Å²) < 4.78 is 10.4. The Morgan fingerprint density at radius 2 is 2.12 bits per heavy atom. The van der Waals surface area contributed by atoms with E-state index in [1.54, 1.807) is 27.3 Å². The SMILES string of the molecule is COCc1cnc(C)c(OC)c1C(C)(O)CN. The highest BCUT2D eigenvalue weighted by Crippen LogP contribution is 2.34. The van der Waals surface area contributed by atoms with Crippen molar-refractivity contribution in [3.8, 4) is 5.75 Å². The third kappa shape index (κ3) is 2.74. The number of hydrogen-bond donors (Lipinski definition) is 2. The summed E-state index contributed by atoms with van der Waals surface area (Å²) in [6, 6.07) is 0. The molecule has 0 aliphatic heterocycles. The average Bonchev–Trinajstić information content (AvgIpc) is 2.31. The van der Waals surface area contributed by atoms with Crippen LogP contribution in [-0.4, -0.2) is 30.9 Å². The van der Waals surface area contributed by atoms with E-state index >= 15 is 0 Å². The number of hydrogen-bond acceptors (Lipinski definition) is 5. The van der Waals surface area contributed by atoms with Gasteiger partial charge < -0.3 is 20.3 Å². The third-order valence-corrected chi connectivity index (χ3v) is 2.73. The number of aliphatic hydroxyl groups is 1. The molecule has 0 saturated carbocycles. The van der Waals surface area contributed by atoms with Gasteiger partial charge in [-0.2, -0.15) is 0 Å². The number of pyridine rings is 1. The standard InChI is InChI=1S/C12H20N2O3/c1-8-11(17-4)10(12(2,15)7-13)9(5-14-8)6-16-3/h5,15H,6-7,13H2,1-4H3. The number of nitrogens with zero attached hydrogens (tertiary/aromatic N) is 1. The molecule has 0 aliphatic carbocycles. The van der Waals surface area contributed by atoms with E-state index in [2.05, 4.69) is 4.98 Å². The summed E-state index contributed by atoms with van der Waals surface area (Å²) in [5, 5.41) is 10.4. The van der Waals surface area contributed by atoms with E-state index in [0.29, 0.717) is 17.9 Å². The van der Waals surface area contributed by atoms with Crippen molar-refractivity contribution in [3.63, 3.8) is 0 Å². The highest BCUT2D eigenvalue weighted by atomic mass is 16.5. The Morgan fingerprint density at radius 3 is 2.59 bits per heavy atom. The van der Waals surface area contributed by atoms with E-state index < -0.39 is 5.60 Å². The molecule has 0 amide bonds. The highest BCUT2D eigenvalue weighted by molar-refractivity contribution is 5.45. The Balaban J connectivity index is 3.44. The van der Waals surface area contributed by atoms with Crippen LogP contribution in [0.1, 0.15) is 23.7 Å². The summed E-state index contributed by atoms with van der Waals surface area (Å²) in [6.07, 6.45) is 1.68. The monoisotopic (exact) mass is 240 g/mol. The van der Waals surface area contributed by atoms with Crippen LogP contribution in [0, 0.1) is 6.92 Å². The molecule has 1 unspecified atom stereocenters. The molecule has 0 fully saturated rings. The van der Waals surface area contributed by atoms with Crippen molar-refractivity contribution < 1.29 is 14.6 Å². The van der Waals surface area contributed by atoms with Gasteiger partial charge in [-0.05, 0) is 13.8 Å². The van der Waals surface area contributed by atoms with Crippen molar-refractivity contribution in [2.24, 2.45) is 5.73 Å². The van der Waals surface area contributed by atoms with E-state index in [1.807, 2.05) is 6.92 Å². The lowest BCUT2D eigenvalue weighted by Gasteiger charge is -2.27.